The minimum absolute atomic E-state index is 0.335. The van der Waals surface area contributed by atoms with Gasteiger partial charge in [0, 0.05) is 31.6 Å². The first-order valence-electron chi connectivity index (χ1n) is 5.01. The normalized spacial score (nSPS) is 38.3. The fourth-order valence-corrected chi connectivity index (χ4v) is 2.80. The maximum Gasteiger partial charge on any atom is 0.123 e. The number of halogens is 1. The maximum absolute atomic E-state index is 5.74. The van der Waals surface area contributed by atoms with Gasteiger partial charge in [-0.25, -0.2) is 10.0 Å². The van der Waals surface area contributed by atoms with E-state index in [1.807, 2.05) is 0 Å². The highest BCUT2D eigenvalue weighted by atomic mass is 79.9. The van der Waals surface area contributed by atoms with E-state index in [0.29, 0.717) is 11.1 Å². The molecule has 0 amide bonds. The van der Waals surface area contributed by atoms with Crippen LogP contribution in [-0.4, -0.2) is 47.8 Å². The zero-order valence-electron chi connectivity index (χ0n) is 8.08. The summed E-state index contributed by atoms with van der Waals surface area (Å²) in [5.74, 6) is 0. The highest BCUT2D eigenvalue weighted by Gasteiger charge is 2.32. The first-order chi connectivity index (χ1) is 6.27. The molecule has 0 radical (unpaired) electrons. The predicted molar refractivity (Wildman–Crippen MR) is 55.6 cm³/mol. The van der Waals surface area contributed by atoms with Crippen molar-refractivity contribution in [1.29, 1.82) is 0 Å². The lowest BCUT2D eigenvalue weighted by Crippen LogP contribution is -2.44. The quantitative estimate of drug-likeness (QED) is 0.654. The third-order valence-corrected chi connectivity index (χ3v) is 3.35. The molecule has 4 heteroatoms. The lowest BCUT2D eigenvalue weighted by molar-refractivity contribution is -0.149. The molecule has 2 atom stereocenters. The summed E-state index contributed by atoms with van der Waals surface area (Å²) in [6, 6.07) is 0. The molecule has 0 aliphatic carbocycles. The summed E-state index contributed by atoms with van der Waals surface area (Å²) in [7, 11) is 2.14. The molecule has 0 aromatic heterocycles. The Labute approximate surface area is 88.1 Å². The Balaban J connectivity index is 1.91. The summed E-state index contributed by atoms with van der Waals surface area (Å²) in [6.45, 7) is 3.11. The molecule has 0 saturated carbocycles. The van der Waals surface area contributed by atoms with Crippen LogP contribution in [0.2, 0.25) is 0 Å². The minimum atomic E-state index is 0.335. The molecule has 3 nitrogen and oxygen atoms in total. The molecule has 0 aromatic carbocycles. The zero-order chi connectivity index (χ0) is 9.26. The van der Waals surface area contributed by atoms with Gasteiger partial charge in [0.15, 0.2) is 0 Å². The summed E-state index contributed by atoms with van der Waals surface area (Å²) >= 11 is 3.65. The molecule has 2 heterocycles. The average molecular weight is 249 g/mol. The van der Waals surface area contributed by atoms with Gasteiger partial charge in [-0.15, -0.1) is 0 Å². The van der Waals surface area contributed by atoms with Gasteiger partial charge in [0.05, 0.1) is 0 Å². The third-order valence-electron chi connectivity index (χ3n) is 2.77. The second-order valence-corrected chi connectivity index (χ2v) is 5.18. The van der Waals surface area contributed by atoms with Crippen molar-refractivity contribution in [3.05, 3.63) is 0 Å². The molecule has 2 fully saturated rings. The number of alkyl halides is 1. The van der Waals surface area contributed by atoms with Crippen LogP contribution in [0.25, 0.3) is 0 Å². The minimum Gasteiger partial charge on any atom is -0.362 e. The first-order valence-corrected chi connectivity index (χ1v) is 5.92. The molecular weight excluding hydrogens is 232 g/mol. The van der Waals surface area contributed by atoms with Crippen LogP contribution in [0.3, 0.4) is 0 Å². The van der Waals surface area contributed by atoms with Gasteiger partial charge in [-0.1, -0.05) is 15.9 Å². The molecule has 2 aliphatic rings. The topological polar surface area (TPSA) is 15.7 Å². The van der Waals surface area contributed by atoms with Gasteiger partial charge in [0.25, 0.3) is 0 Å². The molecule has 2 saturated heterocycles. The van der Waals surface area contributed by atoms with Gasteiger partial charge >= 0.3 is 0 Å². The fourth-order valence-electron chi connectivity index (χ4n) is 2.09. The molecule has 0 N–H and O–H groups in total. The van der Waals surface area contributed by atoms with Crippen LogP contribution >= 0.6 is 15.9 Å². The van der Waals surface area contributed by atoms with E-state index < -0.39 is 0 Å². The molecular formula is C9H17BrN2O. The van der Waals surface area contributed by atoms with Gasteiger partial charge in [-0.3, -0.25) is 0 Å². The Morgan fingerprint density at radius 3 is 2.69 bits per heavy atom. The smallest absolute Gasteiger partial charge is 0.123 e. The largest absolute Gasteiger partial charge is 0.362 e. The van der Waals surface area contributed by atoms with Crippen molar-refractivity contribution < 1.29 is 4.74 Å². The van der Waals surface area contributed by atoms with E-state index in [0.717, 1.165) is 19.7 Å². The van der Waals surface area contributed by atoms with Crippen LogP contribution in [-0.2, 0) is 4.74 Å². The Morgan fingerprint density at radius 2 is 2.15 bits per heavy atom. The maximum atomic E-state index is 5.74. The summed E-state index contributed by atoms with van der Waals surface area (Å²) in [5.41, 5.74) is 0. The number of ether oxygens (including phenoxy) is 1. The number of nitrogens with zero attached hydrogens (tertiary/aromatic N) is 2. The summed E-state index contributed by atoms with van der Waals surface area (Å²) in [4.78, 5) is 0.600. The molecule has 2 aliphatic heterocycles. The molecule has 0 aromatic rings. The second-order valence-electron chi connectivity index (χ2n) is 3.88. The van der Waals surface area contributed by atoms with Crippen molar-refractivity contribution in [3.8, 4) is 0 Å². The molecule has 0 bridgehead atoms. The van der Waals surface area contributed by atoms with Crippen LogP contribution in [0.15, 0.2) is 0 Å². The van der Waals surface area contributed by atoms with Crippen molar-refractivity contribution >= 4 is 15.9 Å². The first kappa shape index (κ1) is 9.90. The molecule has 2 unspecified atom stereocenters. The molecule has 76 valence electrons. The van der Waals surface area contributed by atoms with Crippen molar-refractivity contribution in [3.63, 3.8) is 0 Å². The van der Waals surface area contributed by atoms with Crippen LogP contribution in [0.5, 0.6) is 0 Å². The van der Waals surface area contributed by atoms with Crippen molar-refractivity contribution in [2.45, 2.75) is 30.3 Å². The van der Waals surface area contributed by atoms with Crippen LogP contribution < -0.4 is 0 Å². The van der Waals surface area contributed by atoms with E-state index >= 15 is 0 Å². The highest BCUT2D eigenvalue weighted by molar-refractivity contribution is 9.09. The van der Waals surface area contributed by atoms with E-state index in [4.69, 9.17) is 4.74 Å². The average Bonchev–Trinajstić information content (AvgIpc) is 2.47. The number of rotatable bonds is 1. The molecule has 2 rings (SSSR count). The van der Waals surface area contributed by atoms with E-state index in [1.54, 1.807) is 0 Å². The summed E-state index contributed by atoms with van der Waals surface area (Å²) < 4.78 is 5.74. The second kappa shape index (κ2) is 4.26. The van der Waals surface area contributed by atoms with Gasteiger partial charge in [0.2, 0.25) is 0 Å². The fraction of sp³-hybridized carbons (Fsp3) is 1.00. The lowest BCUT2D eigenvalue weighted by atomic mass is 10.2. The van der Waals surface area contributed by atoms with Crippen LogP contribution in [0.1, 0.15) is 19.3 Å². The van der Waals surface area contributed by atoms with Crippen molar-refractivity contribution in [1.82, 2.24) is 10.0 Å². The number of hydrogen-bond acceptors (Lipinski definition) is 3. The van der Waals surface area contributed by atoms with Gasteiger partial charge < -0.3 is 4.74 Å². The monoisotopic (exact) mass is 248 g/mol. The highest BCUT2D eigenvalue weighted by Crippen LogP contribution is 2.23. The Hall–Kier alpha value is 0.360. The number of hydrogen-bond donors (Lipinski definition) is 0. The van der Waals surface area contributed by atoms with E-state index in [-0.39, 0.29) is 0 Å². The predicted octanol–water partition coefficient (Wildman–Crippen LogP) is 1.44. The Kier molecular flexibility index (Phi) is 3.24. The van der Waals surface area contributed by atoms with Crippen LogP contribution in [0, 0.1) is 0 Å². The van der Waals surface area contributed by atoms with Gasteiger partial charge in [0.1, 0.15) is 6.23 Å². The molecule has 0 spiro atoms. The summed E-state index contributed by atoms with van der Waals surface area (Å²) in [5, 5.41) is 4.62. The Morgan fingerprint density at radius 1 is 1.31 bits per heavy atom. The van der Waals surface area contributed by atoms with E-state index in [1.165, 1.54) is 19.3 Å². The SMILES string of the molecule is CN1CC(Br)CN1C1CCCCO1. The van der Waals surface area contributed by atoms with Crippen molar-refractivity contribution in [2.24, 2.45) is 0 Å². The molecule has 13 heavy (non-hydrogen) atoms. The van der Waals surface area contributed by atoms with E-state index in [2.05, 4.69) is 33.0 Å². The number of hydrazine groups is 1. The van der Waals surface area contributed by atoms with Crippen LogP contribution in [0.4, 0.5) is 0 Å². The van der Waals surface area contributed by atoms with Gasteiger partial charge in [-0.2, -0.15) is 0 Å². The van der Waals surface area contributed by atoms with Gasteiger partial charge in [-0.05, 0) is 19.3 Å². The standard InChI is InChI=1S/C9H17BrN2O/c1-11-6-8(10)7-12(11)9-4-2-3-5-13-9/h8-9H,2-7H2,1H3. The third kappa shape index (κ3) is 2.24. The zero-order valence-corrected chi connectivity index (χ0v) is 9.66. The lowest BCUT2D eigenvalue weighted by Gasteiger charge is -2.34. The van der Waals surface area contributed by atoms with E-state index in [9.17, 15) is 0 Å². The summed E-state index contributed by atoms with van der Waals surface area (Å²) in [6.07, 6.45) is 4.05. The van der Waals surface area contributed by atoms with Crippen molar-refractivity contribution in [2.75, 3.05) is 26.7 Å². The Bertz CT molecular complexity index is 173.